The Kier molecular flexibility index (Phi) is 6.28. The number of fused-ring (bicyclic) bond motifs is 1. The van der Waals surface area contributed by atoms with Crippen LogP contribution in [0.15, 0.2) is 36.4 Å². The Balaban J connectivity index is 0.00000200. The van der Waals surface area contributed by atoms with Crippen molar-refractivity contribution in [3.05, 3.63) is 42.0 Å². The first-order valence-electron chi connectivity index (χ1n) is 6.42. The number of nitrogens with two attached hydrogens (primary N) is 1. The molecule has 0 bridgehead atoms. The summed E-state index contributed by atoms with van der Waals surface area (Å²) >= 11 is 0. The molecule has 0 radical (unpaired) electrons. The Morgan fingerprint density at radius 1 is 1.15 bits per heavy atom. The van der Waals surface area contributed by atoms with Crippen molar-refractivity contribution < 1.29 is 9.90 Å². The summed E-state index contributed by atoms with van der Waals surface area (Å²) in [6, 6.07) is 10.9. The van der Waals surface area contributed by atoms with Crippen LogP contribution >= 0.6 is 12.4 Å². The first-order valence-corrected chi connectivity index (χ1v) is 6.42. The van der Waals surface area contributed by atoms with Gasteiger partial charge in [0.15, 0.2) is 0 Å². The van der Waals surface area contributed by atoms with E-state index >= 15 is 0 Å². The fourth-order valence-corrected chi connectivity index (χ4v) is 1.98. The van der Waals surface area contributed by atoms with Gasteiger partial charge in [-0.15, -0.1) is 12.4 Å². The summed E-state index contributed by atoms with van der Waals surface area (Å²) in [6.07, 6.45) is 1.72. The fraction of sp³-hybridized carbons (Fsp3) is 0.267. The van der Waals surface area contributed by atoms with Gasteiger partial charge in [-0.25, -0.2) is 0 Å². The zero-order chi connectivity index (χ0) is 13.7. The molecule has 2 aromatic carbocycles. The molecule has 20 heavy (non-hydrogen) atoms. The molecule has 4 N–H and O–H groups in total. The van der Waals surface area contributed by atoms with E-state index in [0.29, 0.717) is 18.7 Å². The number of benzene rings is 2. The fourth-order valence-electron chi connectivity index (χ4n) is 1.98. The summed E-state index contributed by atoms with van der Waals surface area (Å²) in [5.74, 6) is -0.240. The van der Waals surface area contributed by atoms with Crippen molar-refractivity contribution in [1.29, 1.82) is 0 Å². The Morgan fingerprint density at radius 2 is 1.80 bits per heavy atom. The third-order valence-electron chi connectivity index (χ3n) is 3.03. The number of hydrogen-bond acceptors (Lipinski definition) is 3. The summed E-state index contributed by atoms with van der Waals surface area (Å²) in [4.78, 5) is 12.0. The summed E-state index contributed by atoms with van der Waals surface area (Å²) in [5, 5.41) is 14.5. The SMILES string of the molecule is Cl.NCCCCNC(=O)c1cc2ccccc2cc1O. The highest BCUT2D eigenvalue weighted by atomic mass is 35.5. The van der Waals surface area contributed by atoms with Crippen LogP contribution in [0.4, 0.5) is 0 Å². The normalized spacial score (nSPS) is 10.1. The number of nitrogens with one attached hydrogen (secondary N) is 1. The zero-order valence-electron chi connectivity index (χ0n) is 11.1. The number of aromatic hydroxyl groups is 1. The average molecular weight is 295 g/mol. The second-order valence-electron chi connectivity index (χ2n) is 4.47. The Morgan fingerprint density at radius 3 is 2.45 bits per heavy atom. The van der Waals surface area contributed by atoms with Crippen molar-refractivity contribution in [3.63, 3.8) is 0 Å². The van der Waals surface area contributed by atoms with E-state index in [-0.39, 0.29) is 24.1 Å². The number of phenols is 1. The number of carbonyl (C=O) groups is 1. The average Bonchev–Trinajstić information content (AvgIpc) is 2.42. The smallest absolute Gasteiger partial charge is 0.255 e. The van der Waals surface area contributed by atoms with Gasteiger partial charge in [-0.2, -0.15) is 0 Å². The second-order valence-corrected chi connectivity index (χ2v) is 4.47. The molecular weight excluding hydrogens is 276 g/mol. The number of rotatable bonds is 5. The summed E-state index contributed by atoms with van der Waals surface area (Å²) in [6.45, 7) is 1.19. The van der Waals surface area contributed by atoms with Gasteiger partial charge >= 0.3 is 0 Å². The van der Waals surface area contributed by atoms with Crippen molar-refractivity contribution >= 4 is 29.1 Å². The van der Waals surface area contributed by atoms with Crippen LogP contribution in [-0.2, 0) is 0 Å². The molecule has 0 aromatic heterocycles. The molecular formula is C15H19ClN2O2. The molecule has 0 atom stereocenters. The van der Waals surface area contributed by atoms with Crippen molar-refractivity contribution in [3.8, 4) is 5.75 Å². The summed E-state index contributed by atoms with van der Waals surface area (Å²) < 4.78 is 0. The van der Waals surface area contributed by atoms with Gasteiger partial charge in [0, 0.05) is 6.54 Å². The molecule has 2 rings (SSSR count). The lowest BCUT2D eigenvalue weighted by Crippen LogP contribution is -2.24. The zero-order valence-corrected chi connectivity index (χ0v) is 12.0. The van der Waals surface area contributed by atoms with Gasteiger partial charge in [0.05, 0.1) is 5.56 Å². The van der Waals surface area contributed by atoms with Crippen molar-refractivity contribution in [2.75, 3.05) is 13.1 Å². The van der Waals surface area contributed by atoms with Crippen LogP contribution in [0.3, 0.4) is 0 Å². The van der Waals surface area contributed by atoms with E-state index in [1.807, 2.05) is 24.3 Å². The maximum Gasteiger partial charge on any atom is 0.255 e. The van der Waals surface area contributed by atoms with Gasteiger partial charge in [0.2, 0.25) is 0 Å². The lowest BCUT2D eigenvalue weighted by Gasteiger charge is -2.08. The highest BCUT2D eigenvalue weighted by Crippen LogP contribution is 2.24. The van der Waals surface area contributed by atoms with Crippen LogP contribution in [0, 0.1) is 0 Å². The van der Waals surface area contributed by atoms with Crippen molar-refractivity contribution in [2.24, 2.45) is 5.73 Å². The lowest BCUT2D eigenvalue weighted by molar-refractivity contribution is 0.0950. The predicted molar refractivity (Wildman–Crippen MR) is 83.5 cm³/mol. The summed E-state index contributed by atoms with van der Waals surface area (Å²) in [7, 11) is 0. The predicted octanol–water partition coefficient (Wildman–Crippen LogP) is 2.44. The van der Waals surface area contributed by atoms with Gasteiger partial charge in [-0.3, -0.25) is 4.79 Å². The van der Waals surface area contributed by atoms with Crippen molar-refractivity contribution in [1.82, 2.24) is 5.32 Å². The van der Waals surface area contributed by atoms with Crippen LogP contribution in [0.1, 0.15) is 23.2 Å². The van der Waals surface area contributed by atoms with E-state index in [0.717, 1.165) is 23.6 Å². The van der Waals surface area contributed by atoms with E-state index in [9.17, 15) is 9.90 Å². The molecule has 0 heterocycles. The van der Waals surface area contributed by atoms with E-state index < -0.39 is 0 Å². The van der Waals surface area contributed by atoms with Gasteiger partial charge in [0.25, 0.3) is 5.91 Å². The molecule has 0 unspecified atom stereocenters. The van der Waals surface area contributed by atoms with Crippen LogP contribution < -0.4 is 11.1 Å². The number of phenolic OH excluding ortho intramolecular Hbond substituents is 1. The van der Waals surface area contributed by atoms with Gasteiger partial charge in [-0.05, 0) is 42.3 Å². The molecule has 0 aliphatic carbocycles. The van der Waals surface area contributed by atoms with Gasteiger partial charge < -0.3 is 16.2 Å². The maximum absolute atomic E-state index is 12.0. The van der Waals surface area contributed by atoms with Gasteiger partial charge in [0.1, 0.15) is 5.75 Å². The second kappa shape index (κ2) is 7.72. The Labute approximate surface area is 124 Å². The summed E-state index contributed by atoms with van der Waals surface area (Å²) in [5.41, 5.74) is 5.70. The molecule has 108 valence electrons. The first-order chi connectivity index (χ1) is 9.22. The molecule has 0 spiro atoms. The highest BCUT2D eigenvalue weighted by Gasteiger charge is 2.11. The molecule has 4 nitrogen and oxygen atoms in total. The van der Waals surface area contributed by atoms with E-state index in [2.05, 4.69) is 5.32 Å². The molecule has 1 amide bonds. The number of unbranched alkanes of at least 4 members (excludes halogenated alkanes) is 1. The molecule has 0 fully saturated rings. The molecule has 0 saturated carbocycles. The maximum atomic E-state index is 12.0. The van der Waals surface area contributed by atoms with Crippen LogP contribution in [0.5, 0.6) is 5.75 Å². The number of amides is 1. The number of halogens is 1. The van der Waals surface area contributed by atoms with Crippen molar-refractivity contribution in [2.45, 2.75) is 12.8 Å². The largest absolute Gasteiger partial charge is 0.507 e. The van der Waals surface area contributed by atoms with E-state index in [4.69, 9.17) is 5.73 Å². The molecule has 0 saturated heterocycles. The third-order valence-corrected chi connectivity index (χ3v) is 3.03. The number of hydrogen-bond donors (Lipinski definition) is 3. The molecule has 5 heteroatoms. The van der Waals surface area contributed by atoms with Gasteiger partial charge in [-0.1, -0.05) is 24.3 Å². The highest BCUT2D eigenvalue weighted by molar-refractivity contribution is 6.01. The van der Waals surface area contributed by atoms with Crippen LogP contribution in [0.25, 0.3) is 10.8 Å². The quantitative estimate of drug-likeness (QED) is 0.741. The standard InChI is InChI=1S/C15H18N2O2.ClH/c16-7-3-4-8-17-15(19)13-9-11-5-1-2-6-12(11)10-14(13)18;/h1-2,5-6,9-10,18H,3-4,7-8,16H2,(H,17,19);1H. The topological polar surface area (TPSA) is 75.3 Å². The minimum atomic E-state index is -0.250. The molecule has 2 aromatic rings. The van der Waals surface area contributed by atoms with E-state index in [1.54, 1.807) is 12.1 Å². The minimum absolute atomic E-state index is 0. The third kappa shape index (κ3) is 3.85. The molecule has 0 aliphatic rings. The first kappa shape index (κ1) is 16.3. The molecule has 0 aliphatic heterocycles. The van der Waals surface area contributed by atoms with E-state index in [1.165, 1.54) is 0 Å². The van der Waals surface area contributed by atoms with Crippen LogP contribution in [0.2, 0.25) is 0 Å². The number of carbonyl (C=O) groups excluding carboxylic acids is 1. The van der Waals surface area contributed by atoms with Crippen LogP contribution in [-0.4, -0.2) is 24.1 Å². The lowest BCUT2D eigenvalue weighted by atomic mass is 10.1. The minimum Gasteiger partial charge on any atom is -0.507 e. The Hall–Kier alpha value is -1.78. The Bertz CT molecular complexity index is 587. The monoisotopic (exact) mass is 294 g/mol.